The summed E-state index contributed by atoms with van der Waals surface area (Å²) < 4.78 is 4.43. The minimum atomic E-state index is -0.00553. The van der Waals surface area contributed by atoms with Gasteiger partial charge in [-0.3, -0.25) is 18.7 Å². The van der Waals surface area contributed by atoms with Crippen molar-refractivity contribution in [1.82, 2.24) is 24.1 Å². The summed E-state index contributed by atoms with van der Waals surface area (Å²) >= 11 is 1.48. The molecule has 0 spiro atoms. The Morgan fingerprint density at radius 3 is 2.67 bits per heavy atom. The Morgan fingerprint density at radius 1 is 1.20 bits per heavy atom. The van der Waals surface area contributed by atoms with Gasteiger partial charge in [0.15, 0.2) is 5.82 Å². The topological polar surface area (TPSA) is 55.4 Å². The molecular formula is C23H27N5OS. The molecule has 5 rings (SSSR count). The molecule has 7 heteroatoms. The van der Waals surface area contributed by atoms with Crippen molar-refractivity contribution >= 4 is 27.3 Å². The highest BCUT2D eigenvalue weighted by atomic mass is 32.1. The molecule has 1 saturated carbocycles. The summed E-state index contributed by atoms with van der Waals surface area (Å²) in [6.45, 7) is 6.05. The van der Waals surface area contributed by atoms with Crippen molar-refractivity contribution in [2.45, 2.75) is 45.7 Å². The summed E-state index contributed by atoms with van der Waals surface area (Å²) in [6, 6.07) is 11.4. The van der Waals surface area contributed by atoms with Gasteiger partial charge in [0.25, 0.3) is 5.56 Å². The van der Waals surface area contributed by atoms with Crippen LogP contribution in [-0.4, -0.2) is 36.7 Å². The van der Waals surface area contributed by atoms with Crippen LogP contribution in [0.5, 0.6) is 0 Å². The van der Waals surface area contributed by atoms with E-state index >= 15 is 0 Å². The van der Waals surface area contributed by atoms with E-state index in [9.17, 15) is 4.79 Å². The second-order valence-corrected chi connectivity index (χ2v) is 9.32. The SMILES string of the molecule is CCN(Cc1nnc2n(C)c(=O)c3sccc3n12)[C@@H](Cc1ccc(C)cc1)C1CC1. The fourth-order valence-corrected chi connectivity index (χ4v) is 5.29. The van der Waals surface area contributed by atoms with Crippen LogP contribution in [0.2, 0.25) is 0 Å². The Hall–Kier alpha value is -2.51. The first kappa shape index (κ1) is 19.5. The van der Waals surface area contributed by atoms with E-state index in [4.69, 9.17) is 0 Å². The van der Waals surface area contributed by atoms with Crippen LogP contribution >= 0.6 is 11.3 Å². The predicted octanol–water partition coefficient (Wildman–Crippen LogP) is 3.79. The van der Waals surface area contributed by atoms with Gasteiger partial charge in [0, 0.05) is 13.1 Å². The number of aryl methyl sites for hydroxylation is 2. The van der Waals surface area contributed by atoms with Gasteiger partial charge in [-0.05, 0) is 55.7 Å². The molecule has 3 heterocycles. The first-order valence-corrected chi connectivity index (χ1v) is 11.5. The number of nitrogens with zero attached hydrogens (tertiary/aromatic N) is 5. The first-order valence-electron chi connectivity index (χ1n) is 10.7. The Morgan fingerprint density at radius 2 is 1.97 bits per heavy atom. The van der Waals surface area contributed by atoms with Gasteiger partial charge in [-0.15, -0.1) is 21.5 Å². The van der Waals surface area contributed by atoms with Crippen LogP contribution in [0.25, 0.3) is 16.0 Å². The number of thiophene rings is 1. The lowest BCUT2D eigenvalue weighted by Gasteiger charge is -2.30. The summed E-state index contributed by atoms with van der Waals surface area (Å²) in [5.74, 6) is 2.26. The number of aromatic nitrogens is 4. The van der Waals surface area contributed by atoms with E-state index in [0.29, 0.717) is 11.8 Å². The molecule has 0 unspecified atom stereocenters. The third kappa shape index (κ3) is 3.36. The monoisotopic (exact) mass is 421 g/mol. The lowest BCUT2D eigenvalue weighted by Crippen LogP contribution is -2.38. The highest BCUT2D eigenvalue weighted by molar-refractivity contribution is 7.17. The molecule has 4 aromatic rings. The zero-order valence-corrected chi connectivity index (χ0v) is 18.5. The quantitative estimate of drug-likeness (QED) is 0.456. The van der Waals surface area contributed by atoms with Crippen LogP contribution in [0.1, 0.15) is 36.7 Å². The van der Waals surface area contributed by atoms with Crippen LogP contribution in [-0.2, 0) is 20.0 Å². The highest BCUT2D eigenvalue weighted by Gasteiger charge is 2.35. The van der Waals surface area contributed by atoms with Crippen molar-refractivity contribution in [2.24, 2.45) is 13.0 Å². The summed E-state index contributed by atoms with van der Waals surface area (Å²) in [4.78, 5) is 15.1. The number of hydrogen-bond acceptors (Lipinski definition) is 5. The molecule has 3 aromatic heterocycles. The Kier molecular flexibility index (Phi) is 4.95. The summed E-state index contributed by atoms with van der Waals surface area (Å²) in [5.41, 5.74) is 3.60. The van der Waals surface area contributed by atoms with E-state index in [1.807, 2.05) is 11.4 Å². The van der Waals surface area contributed by atoms with Crippen molar-refractivity contribution in [3.63, 3.8) is 0 Å². The van der Waals surface area contributed by atoms with Gasteiger partial charge in [-0.25, -0.2) is 0 Å². The Balaban J connectivity index is 1.50. The van der Waals surface area contributed by atoms with Crippen LogP contribution in [0, 0.1) is 12.8 Å². The van der Waals surface area contributed by atoms with Crippen LogP contribution < -0.4 is 5.56 Å². The minimum Gasteiger partial charge on any atom is -0.293 e. The fourth-order valence-electron chi connectivity index (χ4n) is 4.44. The first-order chi connectivity index (χ1) is 14.6. The van der Waals surface area contributed by atoms with Crippen molar-refractivity contribution in [3.8, 4) is 0 Å². The molecule has 1 atom stereocenters. The molecule has 0 saturated heterocycles. The fraction of sp³-hybridized carbons (Fsp3) is 0.435. The summed E-state index contributed by atoms with van der Waals surface area (Å²) in [7, 11) is 1.78. The zero-order chi connectivity index (χ0) is 20.8. The standard InChI is InChI=1S/C23H27N5OS/c1-4-27(19(17-9-10-17)13-16-7-5-15(2)6-8-16)14-20-24-25-23-26(3)22(29)21-18(28(20)23)11-12-30-21/h5-8,11-12,17,19H,4,9-10,13-14H2,1-3H3/t19-/m0/s1. The third-order valence-corrected chi connectivity index (χ3v) is 7.24. The second-order valence-electron chi connectivity index (χ2n) is 8.41. The van der Waals surface area contributed by atoms with Gasteiger partial charge in [0.05, 0.1) is 12.1 Å². The maximum atomic E-state index is 12.6. The second kappa shape index (κ2) is 7.63. The molecule has 0 bridgehead atoms. The smallest absolute Gasteiger partial charge is 0.272 e. The largest absolute Gasteiger partial charge is 0.293 e. The lowest BCUT2D eigenvalue weighted by molar-refractivity contribution is 0.170. The molecule has 0 amide bonds. The molecule has 0 radical (unpaired) electrons. The molecule has 0 aliphatic heterocycles. The molecule has 156 valence electrons. The van der Waals surface area contributed by atoms with Gasteiger partial charge in [-0.1, -0.05) is 36.8 Å². The third-order valence-electron chi connectivity index (χ3n) is 6.35. The average Bonchev–Trinajstić information content (AvgIpc) is 3.32. The molecule has 1 aliphatic carbocycles. The number of likely N-dealkylation sites (N-methyl/N-ethyl adjacent to an activating group) is 1. The van der Waals surface area contributed by atoms with Gasteiger partial charge in [-0.2, -0.15) is 0 Å². The number of benzene rings is 1. The maximum absolute atomic E-state index is 12.6. The molecule has 1 aliphatic rings. The van der Waals surface area contributed by atoms with Crippen LogP contribution in [0.15, 0.2) is 40.5 Å². The molecule has 0 N–H and O–H groups in total. The highest BCUT2D eigenvalue weighted by Crippen LogP contribution is 2.37. The van der Waals surface area contributed by atoms with Crippen molar-refractivity contribution in [3.05, 3.63) is 63.0 Å². The number of rotatable bonds is 7. The molecule has 6 nitrogen and oxygen atoms in total. The number of hydrogen-bond donors (Lipinski definition) is 0. The summed E-state index contributed by atoms with van der Waals surface area (Å²) in [5, 5.41) is 10.8. The predicted molar refractivity (Wildman–Crippen MR) is 121 cm³/mol. The normalized spacial score (nSPS) is 15.5. The van der Waals surface area contributed by atoms with Gasteiger partial charge in [0.1, 0.15) is 4.70 Å². The van der Waals surface area contributed by atoms with Crippen LogP contribution in [0.3, 0.4) is 0 Å². The number of fused-ring (bicyclic) bond motifs is 3. The van der Waals surface area contributed by atoms with Crippen molar-refractivity contribution in [1.29, 1.82) is 0 Å². The van der Waals surface area contributed by atoms with Crippen LogP contribution in [0.4, 0.5) is 0 Å². The van der Waals surface area contributed by atoms with E-state index in [1.54, 1.807) is 11.6 Å². The van der Waals surface area contributed by atoms with Crippen molar-refractivity contribution < 1.29 is 0 Å². The van der Waals surface area contributed by atoms with Gasteiger partial charge >= 0.3 is 0 Å². The van der Waals surface area contributed by atoms with Gasteiger partial charge < -0.3 is 0 Å². The Bertz CT molecular complexity index is 1250. The lowest BCUT2D eigenvalue weighted by atomic mass is 9.99. The van der Waals surface area contributed by atoms with E-state index in [2.05, 4.69) is 57.6 Å². The zero-order valence-electron chi connectivity index (χ0n) is 17.7. The molecule has 1 fully saturated rings. The maximum Gasteiger partial charge on any atom is 0.272 e. The van der Waals surface area contributed by atoms with Crippen molar-refractivity contribution in [2.75, 3.05) is 6.54 Å². The van der Waals surface area contributed by atoms with E-state index in [0.717, 1.165) is 41.5 Å². The Labute approximate surface area is 179 Å². The van der Waals surface area contributed by atoms with Gasteiger partial charge in [0.2, 0.25) is 5.78 Å². The molecule has 1 aromatic carbocycles. The molecular weight excluding hydrogens is 394 g/mol. The van der Waals surface area contributed by atoms with E-state index in [-0.39, 0.29) is 5.56 Å². The minimum absolute atomic E-state index is 0.00553. The summed E-state index contributed by atoms with van der Waals surface area (Å²) in [6.07, 6.45) is 3.66. The van der Waals surface area contributed by atoms with E-state index < -0.39 is 0 Å². The van der Waals surface area contributed by atoms with E-state index in [1.165, 1.54) is 35.3 Å². The average molecular weight is 422 g/mol. The molecule has 30 heavy (non-hydrogen) atoms.